The van der Waals surface area contributed by atoms with E-state index in [4.69, 9.17) is 0 Å². The molecule has 0 N–H and O–H groups in total. The lowest BCUT2D eigenvalue weighted by atomic mass is 10.2. The zero-order chi connectivity index (χ0) is 19.0. The van der Waals surface area contributed by atoms with E-state index in [1.165, 1.54) is 10.6 Å². The van der Waals surface area contributed by atoms with Crippen molar-refractivity contribution in [1.29, 1.82) is 0 Å². The zero-order valence-electron chi connectivity index (χ0n) is 14.5. The summed E-state index contributed by atoms with van der Waals surface area (Å²) in [4.78, 5) is 18.6. The molecule has 27 heavy (non-hydrogen) atoms. The molecule has 0 spiro atoms. The molecule has 0 amide bonds. The van der Waals surface area contributed by atoms with Gasteiger partial charge in [-0.25, -0.2) is 19.9 Å². The Morgan fingerprint density at radius 2 is 2.07 bits per heavy atom. The molecule has 10 heteroatoms. The molecule has 4 rings (SSSR count). The lowest BCUT2D eigenvalue weighted by molar-refractivity contribution is -0.141. The standard InChI is InChI=1S/C17H17F3N6S/c1-27-10-11-3-5-25(8-11)14-2-4-21-16(24-14)12-6-23-15-7-22-13(9-26(12)15)17(18,19)20/h2,4,6-7,9,11H,3,5,8,10H2,1H3. The molecule has 1 saturated heterocycles. The summed E-state index contributed by atoms with van der Waals surface area (Å²) in [6.07, 6.45) is 3.81. The van der Waals surface area contributed by atoms with Gasteiger partial charge in [-0.2, -0.15) is 24.9 Å². The number of aromatic nitrogens is 5. The fraction of sp³-hybridized carbons (Fsp3) is 0.412. The van der Waals surface area contributed by atoms with Crippen molar-refractivity contribution >= 4 is 23.2 Å². The van der Waals surface area contributed by atoms with E-state index in [1.54, 1.807) is 6.20 Å². The van der Waals surface area contributed by atoms with Crippen molar-refractivity contribution in [2.45, 2.75) is 12.6 Å². The van der Waals surface area contributed by atoms with E-state index in [0.29, 0.717) is 23.1 Å². The molecule has 1 aliphatic rings. The maximum absolute atomic E-state index is 13.0. The average molecular weight is 394 g/mol. The van der Waals surface area contributed by atoms with E-state index in [1.807, 2.05) is 17.8 Å². The van der Waals surface area contributed by atoms with E-state index < -0.39 is 11.9 Å². The number of hydrogen-bond donors (Lipinski definition) is 0. The molecule has 1 aliphatic heterocycles. The number of anilines is 1. The highest BCUT2D eigenvalue weighted by atomic mass is 32.2. The van der Waals surface area contributed by atoms with Crippen LogP contribution in [0.15, 0.2) is 30.9 Å². The maximum Gasteiger partial charge on any atom is 0.434 e. The van der Waals surface area contributed by atoms with Gasteiger partial charge in [0.25, 0.3) is 0 Å². The topological polar surface area (TPSA) is 59.2 Å². The summed E-state index contributed by atoms with van der Waals surface area (Å²) in [5, 5.41) is 0. The van der Waals surface area contributed by atoms with E-state index in [0.717, 1.165) is 43.5 Å². The van der Waals surface area contributed by atoms with Crippen molar-refractivity contribution < 1.29 is 13.2 Å². The number of fused-ring (bicyclic) bond motifs is 1. The van der Waals surface area contributed by atoms with E-state index in [2.05, 4.69) is 31.1 Å². The molecule has 4 heterocycles. The third-order valence-electron chi connectivity index (χ3n) is 4.57. The van der Waals surface area contributed by atoms with Crippen LogP contribution < -0.4 is 4.90 Å². The van der Waals surface area contributed by atoms with Crippen LogP contribution in [0.5, 0.6) is 0 Å². The van der Waals surface area contributed by atoms with E-state index in [-0.39, 0.29) is 0 Å². The van der Waals surface area contributed by atoms with Gasteiger partial charge >= 0.3 is 6.18 Å². The Bertz CT molecular complexity index is 957. The Kier molecular flexibility index (Phi) is 4.67. The van der Waals surface area contributed by atoms with Gasteiger partial charge in [0.15, 0.2) is 17.2 Å². The summed E-state index contributed by atoms with van der Waals surface area (Å²) < 4.78 is 40.3. The first-order valence-corrected chi connectivity index (χ1v) is 9.82. The van der Waals surface area contributed by atoms with E-state index >= 15 is 0 Å². The highest BCUT2D eigenvalue weighted by Crippen LogP contribution is 2.29. The van der Waals surface area contributed by atoms with Crippen LogP contribution in [0.2, 0.25) is 0 Å². The van der Waals surface area contributed by atoms with Crippen LogP contribution in [0, 0.1) is 5.92 Å². The minimum Gasteiger partial charge on any atom is -0.356 e. The van der Waals surface area contributed by atoms with Gasteiger partial charge in [0.2, 0.25) is 0 Å². The summed E-state index contributed by atoms with van der Waals surface area (Å²) in [6, 6.07) is 1.83. The number of imidazole rings is 1. The first-order chi connectivity index (χ1) is 13.0. The number of rotatable bonds is 4. The van der Waals surface area contributed by atoms with Gasteiger partial charge in [-0.1, -0.05) is 0 Å². The lowest BCUT2D eigenvalue weighted by Crippen LogP contribution is -2.21. The first kappa shape index (κ1) is 18.0. The number of hydrogen-bond acceptors (Lipinski definition) is 6. The second kappa shape index (κ2) is 6.99. The highest BCUT2D eigenvalue weighted by molar-refractivity contribution is 7.98. The number of alkyl halides is 3. The van der Waals surface area contributed by atoms with Gasteiger partial charge in [0.05, 0.1) is 12.4 Å². The number of halogens is 3. The van der Waals surface area contributed by atoms with Gasteiger partial charge in [-0.15, -0.1) is 0 Å². The third-order valence-corrected chi connectivity index (χ3v) is 5.37. The van der Waals surface area contributed by atoms with Gasteiger partial charge in [0, 0.05) is 25.5 Å². The second-order valence-electron chi connectivity index (χ2n) is 6.44. The summed E-state index contributed by atoms with van der Waals surface area (Å²) in [6.45, 7) is 1.84. The molecule has 0 aromatic carbocycles. The molecule has 3 aromatic heterocycles. The van der Waals surface area contributed by atoms with Crippen LogP contribution in [0.4, 0.5) is 19.0 Å². The largest absolute Gasteiger partial charge is 0.434 e. The molecule has 1 unspecified atom stereocenters. The van der Waals surface area contributed by atoms with Crippen LogP contribution >= 0.6 is 11.8 Å². The Labute approximate surface area is 157 Å². The van der Waals surface area contributed by atoms with Gasteiger partial charge in [-0.05, 0) is 30.4 Å². The van der Waals surface area contributed by atoms with Crippen LogP contribution in [-0.2, 0) is 6.18 Å². The predicted octanol–water partition coefficient (Wildman–Crippen LogP) is 3.39. The smallest absolute Gasteiger partial charge is 0.356 e. The Morgan fingerprint density at radius 1 is 1.22 bits per heavy atom. The Hall–Kier alpha value is -2.36. The van der Waals surface area contributed by atoms with Gasteiger partial charge in [0.1, 0.15) is 11.5 Å². The lowest BCUT2D eigenvalue weighted by Gasteiger charge is -2.17. The number of thioether (sulfide) groups is 1. The van der Waals surface area contributed by atoms with Crippen molar-refractivity contribution in [2.75, 3.05) is 30.0 Å². The van der Waals surface area contributed by atoms with Crippen molar-refractivity contribution in [2.24, 2.45) is 5.92 Å². The molecular weight excluding hydrogens is 377 g/mol. The Balaban J connectivity index is 1.68. The summed E-state index contributed by atoms with van der Waals surface area (Å²) in [5.41, 5.74) is -0.266. The monoisotopic (exact) mass is 394 g/mol. The molecule has 0 aliphatic carbocycles. The predicted molar refractivity (Wildman–Crippen MR) is 97.7 cm³/mol. The molecule has 1 atom stereocenters. The van der Waals surface area contributed by atoms with Crippen molar-refractivity contribution in [3.8, 4) is 11.5 Å². The molecule has 6 nitrogen and oxygen atoms in total. The molecule has 3 aromatic rings. The van der Waals surface area contributed by atoms with Crippen LogP contribution in [0.3, 0.4) is 0 Å². The minimum absolute atomic E-state index is 0.313. The highest BCUT2D eigenvalue weighted by Gasteiger charge is 2.33. The normalized spacial score (nSPS) is 17.8. The fourth-order valence-corrected chi connectivity index (χ4v) is 4.01. The molecule has 0 bridgehead atoms. The first-order valence-electron chi connectivity index (χ1n) is 8.43. The van der Waals surface area contributed by atoms with Crippen LogP contribution in [-0.4, -0.2) is 49.4 Å². The van der Waals surface area contributed by atoms with Crippen molar-refractivity contribution in [3.05, 3.63) is 36.5 Å². The van der Waals surface area contributed by atoms with Crippen molar-refractivity contribution in [1.82, 2.24) is 24.3 Å². The van der Waals surface area contributed by atoms with E-state index in [9.17, 15) is 13.2 Å². The maximum atomic E-state index is 13.0. The zero-order valence-corrected chi connectivity index (χ0v) is 15.3. The van der Waals surface area contributed by atoms with Gasteiger partial charge in [-0.3, -0.25) is 4.40 Å². The SMILES string of the molecule is CSCC1CCN(c2ccnc(-c3cnc4cnc(C(F)(F)F)cn34)n2)C1. The molecule has 142 valence electrons. The Morgan fingerprint density at radius 3 is 2.85 bits per heavy atom. The summed E-state index contributed by atoms with van der Waals surface area (Å²) in [7, 11) is 0. The van der Waals surface area contributed by atoms with Crippen LogP contribution in [0.1, 0.15) is 12.1 Å². The van der Waals surface area contributed by atoms with Gasteiger partial charge < -0.3 is 4.90 Å². The quantitative estimate of drug-likeness (QED) is 0.676. The average Bonchev–Trinajstić information content (AvgIpc) is 3.28. The fourth-order valence-electron chi connectivity index (χ4n) is 3.26. The third kappa shape index (κ3) is 3.58. The minimum atomic E-state index is -4.53. The molecule has 0 saturated carbocycles. The summed E-state index contributed by atoms with van der Waals surface area (Å²) >= 11 is 1.83. The number of nitrogens with zero attached hydrogens (tertiary/aromatic N) is 6. The second-order valence-corrected chi connectivity index (χ2v) is 7.35. The molecule has 0 radical (unpaired) electrons. The molecular formula is C17H17F3N6S. The molecule has 1 fully saturated rings. The van der Waals surface area contributed by atoms with Crippen molar-refractivity contribution in [3.63, 3.8) is 0 Å². The van der Waals surface area contributed by atoms with Crippen LogP contribution in [0.25, 0.3) is 17.2 Å². The summed E-state index contributed by atoms with van der Waals surface area (Å²) in [5.74, 6) is 2.85.